The summed E-state index contributed by atoms with van der Waals surface area (Å²) < 4.78 is 2.60. The van der Waals surface area contributed by atoms with E-state index < -0.39 is 0 Å². The highest BCUT2D eigenvalue weighted by atomic mass is 15.1. The summed E-state index contributed by atoms with van der Waals surface area (Å²) in [5.41, 5.74) is 6.42. The molecule has 2 aromatic rings. The van der Waals surface area contributed by atoms with Crippen LogP contribution in [0.1, 0.15) is 91.0 Å². The van der Waals surface area contributed by atoms with E-state index in [1.54, 1.807) is 0 Å². The van der Waals surface area contributed by atoms with E-state index in [2.05, 4.69) is 50.1 Å². The third-order valence-corrected chi connectivity index (χ3v) is 8.42. The van der Waals surface area contributed by atoms with Crippen LogP contribution in [0.25, 0.3) is 11.0 Å². The molecule has 1 atom stereocenters. The van der Waals surface area contributed by atoms with Crippen LogP contribution in [0.3, 0.4) is 0 Å². The first-order chi connectivity index (χ1) is 13.0. The zero-order valence-corrected chi connectivity index (χ0v) is 17.4. The van der Waals surface area contributed by atoms with Crippen molar-refractivity contribution in [2.24, 2.45) is 11.3 Å². The summed E-state index contributed by atoms with van der Waals surface area (Å²) in [5, 5.41) is 0. The molecule has 2 nitrogen and oxygen atoms in total. The van der Waals surface area contributed by atoms with E-state index in [0.717, 1.165) is 12.3 Å². The molecule has 1 heterocycles. The zero-order valence-electron chi connectivity index (χ0n) is 17.4. The van der Waals surface area contributed by atoms with Crippen LogP contribution in [0, 0.1) is 11.3 Å². The number of nitrogens with zero attached hydrogens (tertiary/aromatic N) is 2. The standard InChI is InChI=1S/C25H34N2.H2/c1-5-24(4,6-2)18-10-11-21-22(15-18)27(19-8-7-9-19)23(26-21)14-17(3)20-16-25(20)12-13-25;/h10-11,15,19-20H,3,5-9,12-14,16H2,1-2,4H3;1H. The quantitative estimate of drug-likeness (QED) is 0.484. The Morgan fingerprint density at radius 1 is 1.30 bits per heavy atom. The number of hydrogen-bond acceptors (Lipinski definition) is 1. The number of hydrogen-bond donors (Lipinski definition) is 0. The Bertz CT molecular complexity index is 897. The number of aromatic nitrogens is 2. The van der Waals surface area contributed by atoms with Crippen molar-refractivity contribution in [2.75, 3.05) is 0 Å². The van der Waals surface area contributed by atoms with Gasteiger partial charge in [0.15, 0.2) is 0 Å². The van der Waals surface area contributed by atoms with Gasteiger partial charge in [-0.25, -0.2) is 4.98 Å². The number of allylic oxidation sites excluding steroid dienone is 1. The van der Waals surface area contributed by atoms with Gasteiger partial charge in [-0.2, -0.15) is 0 Å². The first kappa shape index (κ1) is 17.5. The number of benzene rings is 1. The molecule has 0 amide bonds. The second-order valence-electron chi connectivity index (χ2n) is 9.91. The van der Waals surface area contributed by atoms with E-state index in [9.17, 15) is 0 Å². The zero-order chi connectivity index (χ0) is 18.8. The molecule has 0 N–H and O–H groups in total. The van der Waals surface area contributed by atoms with Crippen LogP contribution in [-0.4, -0.2) is 9.55 Å². The molecule has 0 aliphatic heterocycles. The van der Waals surface area contributed by atoms with E-state index in [1.807, 2.05) is 0 Å². The van der Waals surface area contributed by atoms with Gasteiger partial charge in [0.25, 0.3) is 0 Å². The van der Waals surface area contributed by atoms with Gasteiger partial charge in [-0.3, -0.25) is 0 Å². The first-order valence-electron chi connectivity index (χ1n) is 11.2. The van der Waals surface area contributed by atoms with Gasteiger partial charge in [0.1, 0.15) is 5.82 Å². The van der Waals surface area contributed by atoms with Crippen LogP contribution < -0.4 is 0 Å². The molecule has 5 rings (SSSR count). The molecule has 1 unspecified atom stereocenters. The van der Waals surface area contributed by atoms with Crippen LogP contribution in [0.4, 0.5) is 0 Å². The van der Waals surface area contributed by atoms with Gasteiger partial charge in [-0.1, -0.05) is 39.0 Å². The molecule has 0 saturated heterocycles. The van der Waals surface area contributed by atoms with Gasteiger partial charge in [0.2, 0.25) is 0 Å². The fourth-order valence-electron chi connectivity index (χ4n) is 5.32. The van der Waals surface area contributed by atoms with Gasteiger partial charge in [0, 0.05) is 13.9 Å². The smallest absolute Gasteiger partial charge is 0.114 e. The molecule has 0 radical (unpaired) electrons. The minimum atomic E-state index is 0. The van der Waals surface area contributed by atoms with Gasteiger partial charge < -0.3 is 4.57 Å². The Labute approximate surface area is 165 Å². The second kappa shape index (κ2) is 5.96. The van der Waals surface area contributed by atoms with Gasteiger partial charge >= 0.3 is 0 Å². The van der Waals surface area contributed by atoms with Crippen LogP contribution in [-0.2, 0) is 11.8 Å². The molecule has 3 fully saturated rings. The van der Waals surface area contributed by atoms with Crippen molar-refractivity contribution >= 4 is 11.0 Å². The molecular formula is C25H36N2. The van der Waals surface area contributed by atoms with Crippen molar-refractivity contribution in [1.29, 1.82) is 0 Å². The van der Waals surface area contributed by atoms with Crippen LogP contribution >= 0.6 is 0 Å². The van der Waals surface area contributed by atoms with Gasteiger partial charge in [-0.15, -0.1) is 0 Å². The highest BCUT2D eigenvalue weighted by Crippen LogP contribution is 2.72. The summed E-state index contributed by atoms with van der Waals surface area (Å²) >= 11 is 0. The summed E-state index contributed by atoms with van der Waals surface area (Å²) in [6.45, 7) is 11.5. The first-order valence-corrected chi connectivity index (χ1v) is 11.2. The van der Waals surface area contributed by atoms with Gasteiger partial charge in [0.05, 0.1) is 11.0 Å². The van der Waals surface area contributed by atoms with Crippen molar-refractivity contribution in [3.05, 3.63) is 41.7 Å². The molecule has 3 saturated carbocycles. The van der Waals surface area contributed by atoms with Crippen molar-refractivity contribution in [3.63, 3.8) is 0 Å². The topological polar surface area (TPSA) is 17.8 Å². The monoisotopic (exact) mass is 364 g/mol. The van der Waals surface area contributed by atoms with Crippen molar-refractivity contribution < 1.29 is 1.43 Å². The fraction of sp³-hybridized carbons (Fsp3) is 0.640. The average Bonchev–Trinajstić information content (AvgIpc) is 3.54. The maximum absolute atomic E-state index is 5.11. The van der Waals surface area contributed by atoms with Crippen molar-refractivity contribution in [1.82, 2.24) is 9.55 Å². The van der Waals surface area contributed by atoms with Crippen LogP contribution in [0.5, 0.6) is 0 Å². The Morgan fingerprint density at radius 2 is 2.04 bits per heavy atom. The molecule has 3 aliphatic carbocycles. The maximum Gasteiger partial charge on any atom is 0.114 e. The molecule has 3 aliphatic rings. The highest BCUT2D eigenvalue weighted by Gasteiger charge is 2.63. The third kappa shape index (κ3) is 2.70. The second-order valence-corrected chi connectivity index (χ2v) is 9.91. The van der Waals surface area contributed by atoms with Crippen molar-refractivity contribution in [3.8, 4) is 0 Å². The summed E-state index contributed by atoms with van der Waals surface area (Å²) in [6.07, 6.45) is 11.6. The normalized spacial score (nSPS) is 23.6. The Kier molecular flexibility index (Phi) is 3.87. The van der Waals surface area contributed by atoms with Crippen molar-refractivity contribution in [2.45, 2.75) is 90.0 Å². The predicted molar refractivity (Wildman–Crippen MR) is 115 cm³/mol. The highest BCUT2D eigenvalue weighted by molar-refractivity contribution is 5.77. The molecule has 2 heteroatoms. The third-order valence-electron chi connectivity index (χ3n) is 8.42. The number of rotatable bonds is 7. The fourth-order valence-corrected chi connectivity index (χ4v) is 5.32. The lowest BCUT2D eigenvalue weighted by atomic mass is 9.78. The molecule has 146 valence electrons. The number of imidazole rings is 1. The Morgan fingerprint density at radius 3 is 2.59 bits per heavy atom. The molecular weight excluding hydrogens is 328 g/mol. The van der Waals surface area contributed by atoms with Crippen LogP contribution in [0.15, 0.2) is 30.4 Å². The molecule has 0 bridgehead atoms. The summed E-state index contributed by atoms with van der Waals surface area (Å²) in [5.74, 6) is 2.06. The lowest BCUT2D eigenvalue weighted by Gasteiger charge is -2.31. The summed E-state index contributed by atoms with van der Waals surface area (Å²) in [6, 6.07) is 7.71. The van der Waals surface area contributed by atoms with E-state index >= 15 is 0 Å². The summed E-state index contributed by atoms with van der Waals surface area (Å²) in [4.78, 5) is 5.11. The van der Waals surface area contributed by atoms with E-state index in [-0.39, 0.29) is 6.84 Å². The average molecular weight is 365 g/mol. The summed E-state index contributed by atoms with van der Waals surface area (Å²) in [7, 11) is 0. The maximum atomic E-state index is 5.11. The van der Waals surface area contributed by atoms with Gasteiger partial charge in [-0.05, 0) is 85.8 Å². The number of fused-ring (bicyclic) bond motifs is 1. The molecule has 1 aromatic carbocycles. The van der Waals surface area contributed by atoms with E-state index in [4.69, 9.17) is 4.98 Å². The Hall–Kier alpha value is -1.57. The minimum Gasteiger partial charge on any atom is -0.325 e. The lowest BCUT2D eigenvalue weighted by molar-refractivity contribution is 0.313. The molecule has 1 aromatic heterocycles. The lowest BCUT2D eigenvalue weighted by Crippen LogP contribution is -2.21. The SMILES string of the molecule is C=C(Cc1nc2ccc(C(C)(CC)CC)cc2n1C1CCC1)C1CC12CC2.[HH]. The largest absolute Gasteiger partial charge is 0.325 e. The van der Waals surface area contributed by atoms with E-state index in [1.165, 1.54) is 79.4 Å². The minimum absolute atomic E-state index is 0. The molecule has 1 spiro atoms. The van der Waals surface area contributed by atoms with Crippen LogP contribution in [0.2, 0.25) is 0 Å². The Balaban J connectivity index is 0.00000192. The predicted octanol–water partition coefficient (Wildman–Crippen LogP) is 6.98. The molecule has 27 heavy (non-hydrogen) atoms. The van der Waals surface area contributed by atoms with E-state index in [0.29, 0.717) is 11.5 Å².